The number of likely N-dealkylation sites (tertiary alicyclic amines) is 1. The molecule has 0 spiro atoms. The van der Waals surface area contributed by atoms with Gasteiger partial charge in [0.05, 0.1) is 11.5 Å². The van der Waals surface area contributed by atoms with Gasteiger partial charge in [0.15, 0.2) is 0 Å². The first kappa shape index (κ1) is 12.3. The summed E-state index contributed by atoms with van der Waals surface area (Å²) in [5.41, 5.74) is 5.06. The largest absolute Gasteiger partial charge is 0.480 e. The summed E-state index contributed by atoms with van der Waals surface area (Å²) in [5.74, 6) is -1.25. The van der Waals surface area contributed by atoms with Crippen LogP contribution in [0, 0.1) is 5.41 Å². The number of nitrogens with two attached hydrogens (primary N) is 1. The van der Waals surface area contributed by atoms with Crippen LogP contribution in [0.1, 0.15) is 25.7 Å². The van der Waals surface area contributed by atoms with Crippen LogP contribution in [0.15, 0.2) is 0 Å². The summed E-state index contributed by atoms with van der Waals surface area (Å²) in [7, 11) is 0. The van der Waals surface area contributed by atoms with Gasteiger partial charge in [0.25, 0.3) is 0 Å². The fourth-order valence-corrected chi connectivity index (χ4v) is 2.69. The normalized spacial score (nSPS) is 31.1. The van der Waals surface area contributed by atoms with Gasteiger partial charge in [-0.1, -0.05) is 6.42 Å². The number of carbonyl (C=O) groups excluding carboxylic acids is 1. The van der Waals surface area contributed by atoms with Gasteiger partial charge in [0.1, 0.15) is 6.04 Å². The van der Waals surface area contributed by atoms with E-state index in [4.69, 9.17) is 10.8 Å². The molecule has 2 atom stereocenters. The van der Waals surface area contributed by atoms with E-state index in [2.05, 4.69) is 0 Å². The second kappa shape index (κ2) is 4.27. The van der Waals surface area contributed by atoms with Crippen LogP contribution in [-0.2, 0) is 9.59 Å². The molecule has 0 radical (unpaired) electrons. The Morgan fingerprint density at radius 2 is 2.06 bits per heavy atom. The number of hydrogen-bond acceptors (Lipinski definition) is 4. The zero-order valence-corrected chi connectivity index (χ0v) is 9.63. The van der Waals surface area contributed by atoms with Gasteiger partial charge < -0.3 is 20.8 Å². The first-order valence-electron chi connectivity index (χ1n) is 5.92. The summed E-state index contributed by atoms with van der Waals surface area (Å²) >= 11 is 0. The topological polar surface area (TPSA) is 104 Å². The van der Waals surface area contributed by atoms with E-state index in [1.807, 2.05) is 0 Å². The summed E-state index contributed by atoms with van der Waals surface area (Å²) in [6.45, 7) is 0.363. The number of carboxylic acids is 1. The van der Waals surface area contributed by atoms with Gasteiger partial charge in [0, 0.05) is 19.5 Å². The molecule has 0 aromatic carbocycles. The fourth-order valence-electron chi connectivity index (χ4n) is 2.69. The van der Waals surface area contributed by atoms with Crippen molar-refractivity contribution < 1.29 is 19.8 Å². The number of amides is 1. The number of aliphatic hydroxyl groups is 1. The summed E-state index contributed by atoms with van der Waals surface area (Å²) in [4.78, 5) is 24.7. The Bertz CT molecular complexity index is 335. The highest BCUT2D eigenvalue weighted by molar-refractivity contribution is 5.89. The smallest absolute Gasteiger partial charge is 0.326 e. The number of nitrogens with zero attached hydrogens (tertiary/aromatic N) is 1. The molecule has 2 rings (SSSR count). The number of rotatable bonds is 3. The molecule has 0 bridgehead atoms. The third kappa shape index (κ3) is 1.91. The van der Waals surface area contributed by atoms with Crippen LogP contribution in [0.3, 0.4) is 0 Å². The van der Waals surface area contributed by atoms with E-state index in [-0.39, 0.29) is 25.4 Å². The number of aliphatic hydroxyl groups excluding tert-OH is 1. The highest BCUT2D eigenvalue weighted by Gasteiger charge is 2.50. The quantitative estimate of drug-likeness (QED) is 0.598. The van der Waals surface area contributed by atoms with E-state index in [0.717, 1.165) is 19.3 Å². The molecule has 0 unspecified atom stereocenters. The molecule has 2 fully saturated rings. The Morgan fingerprint density at radius 3 is 2.47 bits per heavy atom. The summed E-state index contributed by atoms with van der Waals surface area (Å²) < 4.78 is 0. The summed E-state index contributed by atoms with van der Waals surface area (Å²) in [6, 6.07) is -0.901. The monoisotopic (exact) mass is 242 g/mol. The van der Waals surface area contributed by atoms with Crippen LogP contribution < -0.4 is 5.73 Å². The van der Waals surface area contributed by atoms with Gasteiger partial charge in [-0.25, -0.2) is 4.79 Å². The number of hydrogen-bond donors (Lipinski definition) is 3. The minimum Gasteiger partial charge on any atom is -0.480 e. The Morgan fingerprint density at radius 1 is 1.41 bits per heavy atom. The molecule has 96 valence electrons. The molecule has 4 N–H and O–H groups in total. The van der Waals surface area contributed by atoms with Crippen LogP contribution in [-0.4, -0.2) is 52.2 Å². The van der Waals surface area contributed by atoms with E-state index < -0.39 is 23.5 Å². The van der Waals surface area contributed by atoms with Gasteiger partial charge in [-0.3, -0.25) is 4.79 Å². The molecule has 2 aliphatic rings. The highest BCUT2D eigenvalue weighted by atomic mass is 16.4. The second-order valence-electron chi connectivity index (χ2n) is 5.04. The molecule has 0 aromatic heterocycles. The number of carboxylic acid groups (broad SMARTS) is 1. The molecule has 6 nitrogen and oxygen atoms in total. The molecule has 17 heavy (non-hydrogen) atoms. The fraction of sp³-hybridized carbons (Fsp3) is 0.818. The Labute approximate surface area is 99.4 Å². The van der Waals surface area contributed by atoms with Crippen molar-refractivity contribution >= 4 is 11.9 Å². The SMILES string of the molecule is NCC1(C(=O)N2C[C@@H](O)C[C@H]2C(=O)O)CCC1. The Kier molecular flexibility index (Phi) is 3.09. The molecule has 1 saturated carbocycles. The molecule has 0 aromatic rings. The van der Waals surface area contributed by atoms with Crippen molar-refractivity contribution in [2.75, 3.05) is 13.1 Å². The van der Waals surface area contributed by atoms with Crippen LogP contribution in [0.25, 0.3) is 0 Å². The third-order valence-corrected chi connectivity index (χ3v) is 3.98. The third-order valence-electron chi connectivity index (χ3n) is 3.98. The van der Waals surface area contributed by atoms with Gasteiger partial charge in [-0.2, -0.15) is 0 Å². The van der Waals surface area contributed by atoms with E-state index in [9.17, 15) is 14.7 Å². The van der Waals surface area contributed by atoms with Gasteiger partial charge in [-0.05, 0) is 12.8 Å². The molecular formula is C11H18N2O4. The molecule has 1 aliphatic heterocycles. The lowest BCUT2D eigenvalue weighted by Gasteiger charge is -2.42. The minimum atomic E-state index is -1.05. The van der Waals surface area contributed by atoms with Crippen molar-refractivity contribution in [2.24, 2.45) is 11.1 Å². The number of carbonyl (C=O) groups is 2. The lowest BCUT2D eigenvalue weighted by Crippen LogP contribution is -2.54. The predicted octanol–water partition coefficient (Wildman–Crippen LogP) is -0.838. The van der Waals surface area contributed by atoms with Gasteiger partial charge >= 0.3 is 5.97 Å². The van der Waals surface area contributed by atoms with E-state index >= 15 is 0 Å². The van der Waals surface area contributed by atoms with Crippen molar-refractivity contribution in [1.82, 2.24) is 4.90 Å². The lowest BCUT2D eigenvalue weighted by atomic mass is 9.67. The van der Waals surface area contributed by atoms with Crippen LogP contribution >= 0.6 is 0 Å². The van der Waals surface area contributed by atoms with Crippen molar-refractivity contribution in [3.63, 3.8) is 0 Å². The maximum Gasteiger partial charge on any atom is 0.326 e. The molecular weight excluding hydrogens is 224 g/mol. The van der Waals surface area contributed by atoms with Gasteiger partial charge in [0.2, 0.25) is 5.91 Å². The van der Waals surface area contributed by atoms with Crippen molar-refractivity contribution in [3.05, 3.63) is 0 Å². The standard InChI is InChI=1S/C11H18N2O4/c12-6-11(2-1-3-11)10(17)13-5-7(14)4-8(13)9(15)16/h7-8,14H,1-6,12H2,(H,15,16)/t7-,8-/m0/s1. The average molecular weight is 242 g/mol. The van der Waals surface area contributed by atoms with E-state index in [1.165, 1.54) is 4.90 Å². The minimum absolute atomic E-state index is 0.109. The summed E-state index contributed by atoms with van der Waals surface area (Å²) in [6.07, 6.45) is 1.77. The average Bonchev–Trinajstić information content (AvgIpc) is 2.59. The van der Waals surface area contributed by atoms with Crippen LogP contribution in [0.5, 0.6) is 0 Å². The molecule has 6 heteroatoms. The Balaban J connectivity index is 2.15. The summed E-state index contributed by atoms with van der Waals surface area (Å²) in [5, 5.41) is 18.6. The lowest BCUT2D eigenvalue weighted by molar-refractivity contribution is -0.156. The van der Waals surface area contributed by atoms with Crippen LogP contribution in [0.2, 0.25) is 0 Å². The zero-order chi connectivity index (χ0) is 12.6. The second-order valence-corrected chi connectivity index (χ2v) is 5.04. The highest BCUT2D eigenvalue weighted by Crippen LogP contribution is 2.42. The molecule has 1 amide bonds. The number of aliphatic carboxylic acids is 1. The van der Waals surface area contributed by atoms with E-state index in [0.29, 0.717) is 0 Å². The maximum absolute atomic E-state index is 12.3. The number of β-amino-alcohol motifs (C(OH)–C–C–N with tert-alkyl or cyclic N) is 1. The first-order valence-corrected chi connectivity index (χ1v) is 5.92. The Hall–Kier alpha value is -1.14. The van der Waals surface area contributed by atoms with Crippen molar-refractivity contribution in [3.8, 4) is 0 Å². The zero-order valence-electron chi connectivity index (χ0n) is 9.63. The van der Waals surface area contributed by atoms with Crippen molar-refractivity contribution in [1.29, 1.82) is 0 Å². The molecule has 1 saturated heterocycles. The molecule has 1 aliphatic carbocycles. The first-order chi connectivity index (χ1) is 8.00. The van der Waals surface area contributed by atoms with E-state index in [1.54, 1.807) is 0 Å². The van der Waals surface area contributed by atoms with Crippen molar-refractivity contribution in [2.45, 2.75) is 37.8 Å². The molecule has 1 heterocycles. The maximum atomic E-state index is 12.3. The van der Waals surface area contributed by atoms with Crippen LogP contribution in [0.4, 0.5) is 0 Å². The predicted molar refractivity (Wildman–Crippen MR) is 59.1 cm³/mol. The van der Waals surface area contributed by atoms with Gasteiger partial charge in [-0.15, -0.1) is 0 Å².